The Kier molecular flexibility index (Phi) is 7.70. The molecule has 0 aliphatic rings. The minimum atomic E-state index is -0.373. The van der Waals surface area contributed by atoms with E-state index >= 15 is 0 Å². The van der Waals surface area contributed by atoms with E-state index in [1.54, 1.807) is 36.4 Å². The van der Waals surface area contributed by atoms with Gasteiger partial charge in [0.15, 0.2) is 5.11 Å². The van der Waals surface area contributed by atoms with Crippen molar-refractivity contribution in [1.82, 2.24) is 5.32 Å². The van der Waals surface area contributed by atoms with E-state index in [1.165, 1.54) is 14.2 Å². The summed E-state index contributed by atoms with van der Waals surface area (Å²) in [5.74, 6) is 1.11. The topological polar surface area (TPSA) is 68.8 Å². The molecule has 0 aromatic heterocycles. The van der Waals surface area contributed by atoms with Crippen LogP contribution in [0.25, 0.3) is 0 Å². The van der Waals surface area contributed by atoms with Crippen molar-refractivity contribution >= 4 is 40.5 Å². The number of benzene rings is 3. The van der Waals surface area contributed by atoms with Gasteiger partial charge < -0.3 is 19.5 Å². The first-order valence-electron chi connectivity index (χ1n) is 9.31. The van der Waals surface area contributed by atoms with E-state index in [-0.39, 0.29) is 11.0 Å². The van der Waals surface area contributed by atoms with Gasteiger partial charge in [-0.15, -0.1) is 0 Å². The Balaban J connectivity index is 1.64. The van der Waals surface area contributed by atoms with Gasteiger partial charge in [-0.1, -0.05) is 48.0 Å². The molecule has 0 fully saturated rings. The smallest absolute Gasteiger partial charge is 0.257 e. The van der Waals surface area contributed by atoms with Gasteiger partial charge in [0, 0.05) is 17.7 Å². The van der Waals surface area contributed by atoms with Gasteiger partial charge in [-0.2, -0.15) is 0 Å². The Morgan fingerprint density at radius 2 is 1.71 bits per heavy atom. The van der Waals surface area contributed by atoms with Gasteiger partial charge in [0.1, 0.15) is 23.9 Å². The van der Waals surface area contributed by atoms with E-state index in [2.05, 4.69) is 10.6 Å². The Bertz CT molecular complexity index is 1080. The van der Waals surface area contributed by atoms with Gasteiger partial charge in [0.2, 0.25) is 0 Å². The number of hydrogen-bond acceptors (Lipinski definition) is 5. The fourth-order valence-corrected chi connectivity index (χ4v) is 3.19. The van der Waals surface area contributed by atoms with E-state index in [4.69, 9.17) is 38.0 Å². The van der Waals surface area contributed by atoms with Crippen LogP contribution >= 0.6 is 23.8 Å². The number of methoxy groups -OCH3 is 2. The summed E-state index contributed by atoms with van der Waals surface area (Å²) in [5, 5.41) is 6.07. The second-order valence-corrected chi connectivity index (χ2v) is 7.21. The Morgan fingerprint density at radius 1 is 0.968 bits per heavy atom. The minimum Gasteiger partial charge on any atom is -0.495 e. The number of nitrogens with one attached hydrogen (secondary N) is 2. The van der Waals surface area contributed by atoms with Crippen LogP contribution in [-0.4, -0.2) is 25.2 Å². The standard InChI is InChI=1S/C23H21ClN2O4S/c1-28-20-13-19(21(29-2)12-18(20)24)25-23(31)26-22(27)16-9-6-10-17(11-16)30-14-15-7-4-3-5-8-15/h3-13H,14H2,1-2H3,(H2,25,26,27,31). The number of rotatable bonds is 7. The fraction of sp³-hybridized carbons (Fsp3) is 0.130. The molecular weight excluding hydrogens is 436 g/mol. The fourth-order valence-electron chi connectivity index (χ4n) is 2.76. The SMILES string of the molecule is COc1cc(NC(=S)NC(=O)c2cccc(OCc3ccccc3)c2)c(OC)cc1Cl. The lowest BCUT2D eigenvalue weighted by Crippen LogP contribution is -2.34. The average molecular weight is 457 g/mol. The highest BCUT2D eigenvalue weighted by Gasteiger charge is 2.14. The summed E-state index contributed by atoms with van der Waals surface area (Å²) in [6.45, 7) is 0.407. The predicted octanol–water partition coefficient (Wildman–Crippen LogP) is 5.06. The molecule has 0 spiro atoms. The van der Waals surface area contributed by atoms with Crippen LogP contribution in [0.4, 0.5) is 5.69 Å². The van der Waals surface area contributed by atoms with E-state index in [1.807, 2.05) is 30.3 Å². The van der Waals surface area contributed by atoms with Gasteiger partial charge in [-0.05, 0) is 36.0 Å². The molecule has 3 rings (SSSR count). The number of carbonyl (C=O) groups is 1. The lowest BCUT2D eigenvalue weighted by Gasteiger charge is -2.15. The molecule has 1 amide bonds. The molecule has 31 heavy (non-hydrogen) atoms. The zero-order valence-corrected chi connectivity index (χ0v) is 18.5. The van der Waals surface area contributed by atoms with Gasteiger partial charge in [-0.25, -0.2) is 0 Å². The highest BCUT2D eigenvalue weighted by molar-refractivity contribution is 7.80. The van der Waals surface area contributed by atoms with Crippen molar-refractivity contribution in [3.05, 3.63) is 82.9 Å². The molecule has 3 aromatic carbocycles. The molecule has 0 bridgehead atoms. The molecule has 160 valence electrons. The van der Waals surface area contributed by atoms with Crippen LogP contribution in [0.1, 0.15) is 15.9 Å². The number of amides is 1. The summed E-state index contributed by atoms with van der Waals surface area (Å²) in [6.07, 6.45) is 0. The number of hydrogen-bond donors (Lipinski definition) is 2. The monoisotopic (exact) mass is 456 g/mol. The zero-order valence-electron chi connectivity index (χ0n) is 17.0. The van der Waals surface area contributed by atoms with Crippen LogP contribution in [-0.2, 0) is 6.61 Å². The first-order valence-corrected chi connectivity index (χ1v) is 10.1. The largest absolute Gasteiger partial charge is 0.495 e. The van der Waals surface area contributed by atoms with Crippen molar-refractivity contribution in [3.8, 4) is 17.2 Å². The van der Waals surface area contributed by atoms with Crippen molar-refractivity contribution in [2.75, 3.05) is 19.5 Å². The lowest BCUT2D eigenvalue weighted by atomic mass is 10.2. The van der Waals surface area contributed by atoms with Gasteiger partial charge >= 0.3 is 0 Å². The quantitative estimate of drug-likeness (QED) is 0.484. The van der Waals surface area contributed by atoms with Crippen LogP contribution in [0.2, 0.25) is 5.02 Å². The van der Waals surface area contributed by atoms with Crippen molar-refractivity contribution in [3.63, 3.8) is 0 Å². The van der Waals surface area contributed by atoms with E-state index in [0.29, 0.717) is 40.1 Å². The summed E-state index contributed by atoms with van der Waals surface area (Å²) >= 11 is 11.4. The molecule has 0 saturated carbocycles. The zero-order chi connectivity index (χ0) is 22.2. The molecule has 0 aliphatic heterocycles. The minimum absolute atomic E-state index is 0.100. The third-order valence-corrected chi connectivity index (χ3v) is 4.79. The Morgan fingerprint density at radius 3 is 2.42 bits per heavy atom. The molecule has 0 radical (unpaired) electrons. The molecular formula is C23H21ClN2O4S. The van der Waals surface area contributed by atoms with Gasteiger partial charge in [-0.3, -0.25) is 10.1 Å². The number of carbonyl (C=O) groups excluding carboxylic acids is 1. The third kappa shape index (κ3) is 6.10. The molecule has 0 saturated heterocycles. The predicted molar refractivity (Wildman–Crippen MR) is 125 cm³/mol. The highest BCUT2D eigenvalue weighted by atomic mass is 35.5. The van der Waals surface area contributed by atoms with Crippen molar-refractivity contribution < 1.29 is 19.0 Å². The maximum atomic E-state index is 12.6. The van der Waals surface area contributed by atoms with Crippen LogP contribution < -0.4 is 24.8 Å². The number of anilines is 1. The molecule has 3 aromatic rings. The summed E-state index contributed by atoms with van der Waals surface area (Å²) in [4.78, 5) is 12.6. The molecule has 8 heteroatoms. The van der Waals surface area contributed by atoms with Crippen LogP contribution in [0.5, 0.6) is 17.2 Å². The van der Waals surface area contributed by atoms with Crippen molar-refractivity contribution in [2.24, 2.45) is 0 Å². The highest BCUT2D eigenvalue weighted by Crippen LogP contribution is 2.35. The average Bonchev–Trinajstić information content (AvgIpc) is 2.79. The normalized spacial score (nSPS) is 10.2. The van der Waals surface area contributed by atoms with Crippen LogP contribution in [0.15, 0.2) is 66.7 Å². The molecule has 6 nitrogen and oxygen atoms in total. The summed E-state index contributed by atoms with van der Waals surface area (Å²) in [6, 6.07) is 19.9. The molecule has 0 atom stereocenters. The number of ether oxygens (including phenoxy) is 3. The van der Waals surface area contributed by atoms with E-state index in [9.17, 15) is 4.79 Å². The van der Waals surface area contributed by atoms with Crippen LogP contribution in [0.3, 0.4) is 0 Å². The Labute approximate surface area is 191 Å². The van der Waals surface area contributed by atoms with Crippen molar-refractivity contribution in [1.29, 1.82) is 0 Å². The maximum Gasteiger partial charge on any atom is 0.257 e. The number of halogens is 1. The van der Waals surface area contributed by atoms with Gasteiger partial charge in [0.05, 0.1) is 24.9 Å². The second kappa shape index (κ2) is 10.7. The molecule has 0 unspecified atom stereocenters. The first kappa shape index (κ1) is 22.4. The lowest BCUT2D eigenvalue weighted by molar-refractivity contribution is 0.0977. The summed E-state index contributed by atoms with van der Waals surface area (Å²) < 4.78 is 16.3. The van der Waals surface area contributed by atoms with Gasteiger partial charge in [0.25, 0.3) is 5.91 Å². The number of thiocarbonyl (C=S) groups is 1. The van der Waals surface area contributed by atoms with E-state index < -0.39 is 0 Å². The molecule has 2 N–H and O–H groups in total. The van der Waals surface area contributed by atoms with Crippen molar-refractivity contribution in [2.45, 2.75) is 6.61 Å². The summed E-state index contributed by atoms with van der Waals surface area (Å²) in [7, 11) is 3.01. The molecule has 0 heterocycles. The maximum absolute atomic E-state index is 12.6. The third-order valence-electron chi connectivity index (χ3n) is 4.29. The Hall–Kier alpha value is -3.29. The summed E-state index contributed by atoms with van der Waals surface area (Å²) in [5.41, 5.74) is 1.96. The first-order chi connectivity index (χ1) is 15.0. The second-order valence-electron chi connectivity index (χ2n) is 6.40. The van der Waals surface area contributed by atoms with E-state index in [0.717, 1.165) is 5.56 Å². The van der Waals surface area contributed by atoms with Crippen LogP contribution in [0, 0.1) is 0 Å². The molecule has 0 aliphatic carbocycles.